The van der Waals surface area contributed by atoms with Crippen LogP contribution in [0.15, 0.2) is 53.3 Å². The molecule has 6 nitrogen and oxygen atoms in total. The maximum absolute atomic E-state index is 12.6. The molecule has 2 aromatic carbocycles. The predicted octanol–water partition coefficient (Wildman–Crippen LogP) is 3.40. The third-order valence-corrected chi connectivity index (χ3v) is 4.73. The van der Waals surface area contributed by atoms with Gasteiger partial charge in [-0.3, -0.25) is 0 Å². The minimum Gasteiger partial charge on any atom is -0.496 e. The average Bonchev–Trinajstić information content (AvgIpc) is 3.53. The van der Waals surface area contributed by atoms with E-state index in [1.54, 1.807) is 14.2 Å². The lowest BCUT2D eigenvalue weighted by Gasteiger charge is -2.15. The standard InChI is InChI=1S/C21H21N3O3/c1-26-17-9-5-3-7-15(17)19-20(16-8-4-6-10-18(16)27-2)23-24(21(25)22-19)13-14-11-12-14/h3-10,14H,11-13H2,1-2H3. The van der Waals surface area contributed by atoms with Gasteiger partial charge in [0.05, 0.1) is 14.2 Å². The van der Waals surface area contributed by atoms with Crippen molar-refractivity contribution < 1.29 is 9.47 Å². The van der Waals surface area contributed by atoms with Gasteiger partial charge in [0.15, 0.2) is 0 Å². The number of benzene rings is 2. The van der Waals surface area contributed by atoms with Crippen LogP contribution in [-0.2, 0) is 6.54 Å². The van der Waals surface area contributed by atoms with E-state index in [-0.39, 0.29) is 5.69 Å². The number of para-hydroxylation sites is 2. The number of hydrogen-bond acceptors (Lipinski definition) is 5. The van der Waals surface area contributed by atoms with E-state index in [9.17, 15) is 4.79 Å². The topological polar surface area (TPSA) is 66.2 Å². The Morgan fingerprint density at radius 2 is 1.48 bits per heavy atom. The quantitative estimate of drug-likeness (QED) is 0.671. The first-order valence-electron chi connectivity index (χ1n) is 8.97. The lowest BCUT2D eigenvalue weighted by Crippen LogP contribution is -2.27. The van der Waals surface area contributed by atoms with E-state index in [2.05, 4.69) is 10.1 Å². The number of rotatable bonds is 6. The van der Waals surface area contributed by atoms with Crippen LogP contribution in [0.2, 0.25) is 0 Å². The van der Waals surface area contributed by atoms with Crippen molar-refractivity contribution in [3.63, 3.8) is 0 Å². The minimum absolute atomic E-state index is 0.346. The highest BCUT2D eigenvalue weighted by molar-refractivity contribution is 5.83. The molecular weight excluding hydrogens is 342 g/mol. The SMILES string of the molecule is COc1ccccc1-c1nc(=O)n(CC2CC2)nc1-c1ccccc1OC. The fourth-order valence-corrected chi connectivity index (χ4v) is 3.13. The Kier molecular flexibility index (Phi) is 4.62. The van der Waals surface area contributed by atoms with Crippen LogP contribution in [0.1, 0.15) is 12.8 Å². The fraction of sp³-hybridized carbons (Fsp3) is 0.286. The lowest BCUT2D eigenvalue weighted by molar-refractivity contribution is 0.415. The predicted molar refractivity (Wildman–Crippen MR) is 103 cm³/mol. The van der Waals surface area contributed by atoms with Crippen molar-refractivity contribution in [1.82, 2.24) is 14.8 Å². The van der Waals surface area contributed by atoms with E-state index in [0.717, 1.165) is 24.0 Å². The molecule has 0 atom stereocenters. The number of hydrogen-bond donors (Lipinski definition) is 0. The molecule has 6 heteroatoms. The van der Waals surface area contributed by atoms with Gasteiger partial charge in [-0.2, -0.15) is 10.1 Å². The Hall–Kier alpha value is -3.15. The molecule has 1 fully saturated rings. The fourth-order valence-electron chi connectivity index (χ4n) is 3.13. The van der Waals surface area contributed by atoms with Crippen LogP contribution >= 0.6 is 0 Å². The van der Waals surface area contributed by atoms with E-state index in [0.29, 0.717) is 35.3 Å². The van der Waals surface area contributed by atoms with Crippen LogP contribution in [0.25, 0.3) is 22.5 Å². The zero-order chi connectivity index (χ0) is 18.8. The first-order chi connectivity index (χ1) is 13.2. The molecule has 1 aliphatic rings. The van der Waals surface area contributed by atoms with Gasteiger partial charge >= 0.3 is 5.69 Å². The van der Waals surface area contributed by atoms with Crippen molar-refractivity contribution >= 4 is 0 Å². The van der Waals surface area contributed by atoms with Gasteiger partial charge in [-0.05, 0) is 43.0 Å². The zero-order valence-electron chi connectivity index (χ0n) is 15.4. The summed E-state index contributed by atoms with van der Waals surface area (Å²) in [5.74, 6) is 1.83. The molecule has 0 N–H and O–H groups in total. The maximum atomic E-state index is 12.6. The van der Waals surface area contributed by atoms with E-state index in [4.69, 9.17) is 9.47 Å². The minimum atomic E-state index is -0.346. The van der Waals surface area contributed by atoms with Gasteiger partial charge in [0.2, 0.25) is 0 Å². The van der Waals surface area contributed by atoms with E-state index in [1.807, 2.05) is 48.5 Å². The summed E-state index contributed by atoms with van der Waals surface area (Å²) in [6, 6.07) is 15.1. The average molecular weight is 363 g/mol. The number of aromatic nitrogens is 3. The largest absolute Gasteiger partial charge is 0.496 e. The Morgan fingerprint density at radius 1 is 0.926 bits per heavy atom. The van der Waals surface area contributed by atoms with Crippen LogP contribution in [0.4, 0.5) is 0 Å². The summed E-state index contributed by atoms with van der Waals surface area (Å²) in [7, 11) is 3.22. The first-order valence-corrected chi connectivity index (χ1v) is 8.97. The van der Waals surface area contributed by atoms with Gasteiger partial charge in [0.25, 0.3) is 0 Å². The summed E-state index contributed by atoms with van der Waals surface area (Å²) in [6.45, 7) is 0.597. The molecule has 27 heavy (non-hydrogen) atoms. The summed E-state index contributed by atoms with van der Waals surface area (Å²) in [4.78, 5) is 17.0. The molecule has 3 aromatic rings. The third kappa shape index (κ3) is 3.43. The Bertz CT molecular complexity index is 1030. The van der Waals surface area contributed by atoms with Crippen molar-refractivity contribution in [3.05, 3.63) is 59.0 Å². The molecule has 0 aliphatic heterocycles. The Morgan fingerprint density at radius 3 is 2.04 bits per heavy atom. The summed E-state index contributed by atoms with van der Waals surface area (Å²) in [6.07, 6.45) is 2.26. The van der Waals surface area contributed by atoms with Crippen LogP contribution in [0, 0.1) is 5.92 Å². The highest BCUT2D eigenvalue weighted by Gasteiger charge is 2.25. The van der Waals surface area contributed by atoms with Gasteiger partial charge in [-0.15, -0.1) is 0 Å². The normalized spacial score (nSPS) is 13.4. The van der Waals surface area contributed by atoms with Crippen molar-refractivity contribution in [2.75, 3.05) is 14.2 Å². The molecule has 0 unspecified atom stereocenters. The Labute approximate surface area is 157 Å². The van der Waals surface area contributed by atoms with Crippen molar-refractivity contribution in [2.24, 2.45) is 5.92 Å². The third-order valence-electron chi connectivity index (χ3n) is 4.73. The molecular formula is C21H21N3O3. The van der Waals surface area contributed by atoms with Gasteiger partial charge < -0.3 is 9.47 Å². The number of nitrogens with zero attached hydrogens (tertiary/aromatic N) is 3. The Balaban J connectivity index is 1.97. The highest BCUT2D eigenvalue weighted by Crippen LogP contribution is 2.37. The molecule has 1 heterocycles. The molecule has 138 valence electrons. The van der Waals surface area contributed by atoms with Gasteiger partial charge in [0, 0.05) is 17.7 Å². The number of methoxy groups -OCH3 is 2. The molecule has 0 saturated heterocycles. The molecule has 1 aliphatic carbocycles. The summed E-state index contributed by atoms with van der Waals surface area (Å²) in [5.41, 5.74) is 2.27. The molecule has 0 amide bonds. The first kappa shape index (κ1) is 17.3. The monoisotopic (exact) mass is 363 g/mol. The summed E-state index contributed by atoms with van der Waals surface area (Å²) < 4.78 is 12.5. The second kappa shape index (κ2) is 7.23. The van der Waals surface area contributed by atoms with E-state index < -0.39 is 0 Å². The second-order valence-corrected chi connectivity index (χ2v) is 6.62. The van der Waals surface area contributed by atoms with Gasteiger partial charge in [0.1, 0.15) is 22.9 Å². The van der Waals surface area contributed by atoms with Crippen LogP contribution in [0.5, 0.6) is 11.5 Å². The maximum Gasteiger partial charge on any atom is 0.364 e. The van der Waals surface area contributed by atoms with Crippen LogP contribution in [-0.4, -0.2) is 29.0 Å². The molecule has 0 radical (unpaired) electrons. The highest BCUT2D eigenvalue weighted by atomic mass is 16.5. The summed E-state index contributed by atoms with van der Waals surface area (Å²) >= 11 is 0. The molecule has 1 saturated carbocycles. The van der Waals surface area contributed by atoms with Crippen molar-refractivity contribution in [3.8, 4) is 34.0 Å². The van der Waals surface area contributed by atoms with Crippen molar-refractivity contribution in [2.45, 2.75) is 19.4 Å². The lowest BCUT2D eigenvalue weighted by atomic mass is 10.0. The molecule has 4 rings (SSSR count). The molecule has 1 aromatic heterocycles. The van der Waals surface area contributed by atoms with E-state index >= 15 is 0 Å². The molecule has 0 spiro atoms. The smallest absolute Gasteiger partial charge is 0.364 e. The summed E-state index contributed by atoms with van der Waals surface area (Å²) in [5, 5.41) is 4.69. The zero-order valence-corrected chi connectivity index (χ0v) is 15.4. The molecule has 0 bridgehead atoms. The van der Waals surface area contributed by atoms with Gasteiger partial charge in [-0.25, -0.2) is 9.48 Å². The second-order valence-electron chi connectivity index (χ2n) is 6.62. The van der Waals surface area contributed by atoms with Crippen molar-refractivity contribution in [1.29, 1.82) is 0 Å². The van der Waals surface area contributed by atoms with Crippen LogP contribution < -0.4 is 15.2 Å². The number of ether oxygens (including phenoxy) is 2. The van der Waals surface area contributed by atoms with Gasteiger partial charge in [-0.1, -0.05) is 24.3 Å². The van der Waals surface area contributed by atoms with Crippen LogP contribution in [0.3, 0.4) is 0 Å². The van der Waals surface area contributed by atoms with E-state index in [1.165, 1.54) is 4.68 Å².